The van der Waals surface area contributed by atoms with Gasteiger partial charge in [0.25, 0.3) is 5.56 Å². The molecule has 1 aromatic carbocycles. The second kappa shape index (κ2) is 7.07. The van der Waals surface area contributed by atoms with Gasteiger partial charge < -0.3 is 4.90 Å². The van der Waals surface area contributed by atoms with E-state index in [4.69, 9.17) is 0 Å². The Balaban J connectivity index is 1.80. The van der Waals surface area contributed by atoms with Gasteiger partial charge >= 0.3 is 6.18 Å². The van der Waals surface area contributed by atoms with Gasteiger partial charge in [-0.25, -0.2) is 4.98 Å². The molecule has 1 aromatic heterocycles. The van der Waals surface area contributed by atoms with Crippen molar-refractivity contribution in [2.24, 2.45) is 5.92 Å². The molecule has 28 heavy (non-hydrogen) atoms. The van der Waals surface area contributed by atoms with E-state index in [-0.39, 0.29) is 23.0 Å². The van der Waals surface area contributed by atoms with Crippen molar-refractivity contribution in [2.75, 3.05) is 6.54 Å². The number of halogens is 3. The molecule has 2 aliphatic rings. The zero-order valence-electron chi connectivity index (χ0n) is 15.2. The Morgan fingerprint density at radius 3 is 2.61 bits per heavy atom. The van der Waals surface area contributed by atoms with Gasteiger partial charge in [0.15, 0.2) is 0 Å². The maximum absolute atomic E-state index is 13.2. The maximum atomic E-state index is 13.2. The Morgan fingerprint density at radius 2 is 1.89 bits per heavy atom. The third-order valence-electron chi connectivity index (χ3n) is 5.42. The summed E-state index contributed by atoms with van der Waals surface area (Å²) in [4.78, 5) is 31.8. The Bertz CT molecular complexity index is 988. The van der Waals surface area contributed by atoms with E-state index in [2.05, 4.69) is 4.98 Å². The molecular weight excluding hydrogens is 371 g/mol. The van der Waals surface area contributed by atoms with Crippen LogP contribution < -0.4 is 5.56 Å². The summed E-state index contributed by atoms with van der Waals surface area (Å²) in [5.41, 5.74) is -0.373. The Morgan fingerprint density at radius 1 is 1.18 bits per heavy atom. The topological polar surface area (TPSA) is 55.2 Å². The van der Waals surface area contributed by atoms with E-state index >= 15 is 0 Å². The molecule has 5 nitrogen and oxygen atoms in total. The third kappa shape index (κ3) is 3.43. The van der Waals surface area contributed by atoms with Crippen molar-refractivity contribution in [1.82, 2.24) is 14.5 Å². The molecule has 0 saturated carbocycles. The molecule has 0 N–H and O–H groups in total. The second-order valence-electron chi connectivity index (χ2n) is 7.32. The van der Waals surface area contributed by atoms with Crippen LogP contribution >= 0.6 is 0 Å². The zero-order chi connectivity index (χ0) is 19.9. The molecule has 2 aromatic rings. The van der Waals surface area contributed by atoms with Crippen LogP contribution in [0, 0.1) is 5.92 Å². The van der Waals surface area contributed by atoms with Crippen LogP contribution in [0.5, 0.6) is 0 Å². The zero-order valence-corrected chi connectivity index (χ0v) is 15.2. The number of fused-ring (bicyclic) bond motifs is 1. The number of hydrogen-bond acceptors (Lipinski definition) is 3. The molecule has 0 spiro atoms. The van der Waals surface area contributed by atoms with Crippen LogP contribution in [0.3, 0.4) is 0 Å². The van der Waals surface area contributed by atoms with Gasteiger partial charge in [0, 0.05) is 12.5 Å². The van der Waals surface area contributed by atoms with Crippen molar-refractivity contribution in [2.45, 2.75) is 44.4 Å². The molecule has 1 aliphatic heterocycles. The van der Waals surface area contributed by atoms with E-state index in [0.717, 1.165) is 0 Å². The quantitative estimate of drug-likeness (QED) is 0.752. The maximum Gasteiger partial charge on any atom is 0.406 e. The SMILES string of the molecule is O=C(C1CC=CC1)N1CCCC1c1nc2ccccc2c(=O)n1CC(F)(F)F. The van der Waals surface area contributed by atoms with E-state index in [9.17, 15) is 22.8 Å². The van der Waals surface area contributed by atoms with Gasteiger partial charge in [0.1, 0.15) is 12.4 Å². The van der Waals surface area contributed by atoms with Crippen molar-refractivity contribution >= 4 is 16.8 Å². The summed E-state index contributed by atoms with van der Waals surface area (Å²) in [5.74, 6) is -0.227. The number of para-hydroxylation sites is 1. The largest absolute Gasteiger partial charge is 0.406 e. The van der Waals surface area contributed by atoms with Crippen molar-refractivity contribution in [3.8, 4) is 0 Å². The van der Waals surface area contributed by atoms with Crippen LogP contribution in [-0.2, 0) is 11.3 Å². The number of alkyl halides is 3. The lowest BCUT2D eigenvalue weighted by Crippen LogP contribution is -2.39. The monoisotopic (exact) mass is 391 g/mol. The lowest BCUT2D eigenvalue weighted by Gasteiger charge is -2.29. The fourth-order valence-corrected chi connectivity index (χ4v) is 4.12. The van der Waals surface area contributed by atoms with Crippen LogP contribution in [-0.4, -0.2) is 33.1 Å². The summed E-state index contributed by atoms with van der Waals surface area (Å²) < 4.78 is 40.3. The summed E-state index contributed by atoms with van der Waals surface area (Å²) in [6.45, 7) is -0.947. The molecule has 8 heteroatoms. The molecule has 0 bridgehead atoms. The van der Waals surface area contributed by atoms with Crippen LogP contribution in [0.1, 0.15) is 37.5 Å². The van der Waals surface area contributed by atoms with Gasteiger partial charge in [-0.15, -0.1) is 0 Å². The fraction of sp³-hybridized carbons (Fsp3) is 0.450. The first-order chi connectivity index (χ1) is 13.3. The third-order valence-corrected chi connectivity index (χ3v) is 5.42. The Hall–Kier alpha value is -2.64. The summed E-state index contributed by atoms with van der Waals surface area (Å²) in [6, 6.07) is 5.76. The van der Waals surface area contributed by atoms with Crippen LogP contribution in [0.4, 0.5) is 13.2 Å². The van der Waals surface area contributed by atoms with Gasteiger partial charge in [-0.05, 0) is 37.8 Å². The number of rotatable bonds is 3. The van der Waals surface area contributed by atoms with Gasteiger partial charge in [-0.1, -0.05) is 24.3 Å². The highest BCUT2D eigenvalue weighted by atomic mass is 19.4. The van der Waals surface area contributed by atoms with Gasteiger partial charge in [-0.3, -0.25) is 14.2 Å². The number of allylic oxidation sites excluding steroid dienone is 2. The molecule has 148 valence electrons. The molecule has 1 unspecified atom stereocenters. The first kappa shape index (κ1) is 18.7. The number of carbonyl (C=O) groups excluding carboxylic acids is 1. The summed E-state index contributed by atoms with van der Waals surface area (Å²) in [6.07, 6.45) is 1.78. The predicted molar refractivity (Wildman–Crippen MR) is 97.6 cm³/mol. The Kier molecular flexibility index (Phi) is 4.72. The minimum absolute atomic E-state index is 0.0258. The van der Waals surface area contributed by atoms with Crippen molar-refractivity contribution in [3.05, 3.63) is 52.6 Å². The van der Waals surface area contributed by atoms with Crippen LogP contribution in [0.25, 0.3) is 10.9 Å². The summed E-state index contributed by atoms with van der Waals surface area (Å²) >= 11 is 0. The lowest BCUT2D eigenvalue weighted by atomic mass is 10.0. The van der Waals surface area contributed by atoms with E-state index in [1.54, 1.807) is 23.1 Å². The summed E-state index contributed by atoms with van der Waals surface area (Å²) in [7, 11) is 0. The van der Waals surface area contributed by atoms with E-state index in [0.29, 0.717) is 42.3 Å². The standard InChI is InChI=1S/C20H20F3N3O2/c21-20(22,23)12-26-17(24-15-9-4-3-8-14(15)19(26)28)16-10-5-11-25(16)18(27)13-6-1-2-7-13/h1-4,8-9,13,16H,5-7,10-12H2. The van der Waals surface area contributed by atoms with Crippen LogP contribution in [0.2, 0.25) is 0 Å². The first-order valence-electron chi connectivity index (χ1n) is 9.37. The molecule has 0 radical (unpaired) electrons. The van der Waals surface area contributed by atoms with E-state index < -0.39 is 24.3 Å². The highest BCUT2D eigenvalue weighted by Crippen LogP contribution is 2.35. The Labute approximate surface area is 159 Å². The van der Waals surface area contributed by atoms with Crippen LogP contribution in [0.15, 0.2) is 41.2 Å². The second-order valence-corrected chi connectivity index (χ2v) is 7.32. The normalized spacial score (nSPS) is 20.4. The van der Waals surface area contributed by atoms with E-state index in [1.165, 1.54) is 6.07 Å². The number of amides is 1. The molecule has 1 fully saturated rings. The van der Waals surface area contributed by atoms with Gasteiger partial charge in [0.2, 0.25) is 5.91 Å². The minimum atomic E-state index is -4.56. The van der Waals surface area contributed by atoms with Gasteiger partial charge in [0.05, 0.1) is 16.9 Å². The fourth-order valence-electron chi connectivity index (χ4n) is 4.12. The molecule has 1 aliphatic carbocycles. The molecule has 1 saturated heterocycles. The van der Waals surface area contributed by atoms with Crippen molar-refractivity contribution in [1.29, 1.82) is 0 Å². The predicted octanol–water partition coefficient (Wildman–Crippen LogP) is 3.59. The minimum Gasteiger partial charge on any atom is -0.332 e. The number of aromatic nitrogens is 2. The van der Waals surface area contributed by atoms with Gasteiger partial charge in [-0.2, -0.15) is 13.2 Å². The molecule has 2 heterocycles. The average molecular weight is 391 g/mol. The highest BCUT2D eigenvalue weighted by Gasteiger charge is 2.38. The number of hydrogen-bond donors (Lipinski definition) is 0. The highest BCUT2D eigenvalue weighted by molar-refractivity contribution is 5.81. The average Bonchev–Trinajstić information content (AvgIpc) is 3.34. The molecule has 4 rings (SSSR count). The number of nitrogens with zero attached hydrogens (tertiary/aromatic N) is 3. The lowest BCUT2D eigenvalue weighted by molar-refractivity contribution is -0.142. The smallest absolute Gasteiger partial charge is 0.332 e. The molecular formula is C20H20F3N3O2. The summed E-state index contributed by atoms with van der Waals surface area (Å²) in [5, 5.41) is 0.145. The number of likely N-dealkylation sites (tertiary alicyclic amines) is 1. The molecule has 1 atom stereocenters. The van der Waals surface area contributed by atoms with E-state index in [1.807, 2.05) is 12.2 Å². The van der Waals surface area contributed by atoms with Crippen molar-refractivity contribution in [3.63, 3.8) is 0 Å². The molecule has 1 amide bonds. The van der Waals surface area contributed by atoms with Crippen molar-refractivity contribution < 1.29 is 18.0 Å². The number of carbonyl (C=O) groups is 1. The first-order valence-corrected chi connectivity index (χ1v) is 9.37. The number of benzene rings is 1.